The molecule has 0 spiro atoms. The van der Waals surface area contributed by atoms with E-state index in [2.05, 4.69) is 20.2 Å². The van der Waals surface area contributed by atoms with Gasteiger partial charge in [-0.2, -0.15) is 0 Å². The number of pyridine rings is 1. The van der Waals surface area contributed by atoms with Crippen molar-refractivity contribution in [2.45, 2.75) is 32.4 Å². The summed E-state index contributed by atoms with van der Waals surface area (Å²) in [6.45, 7) is 4.21. The van der Waals surface area contributed by atoms with Crippen molar-refractivity contribution in [1.29, 1.82) is 0 Å². The Bertz CT molecular complexity index is 577. The van der Waals surface area contributed by atoms with Gasteiger partial charge in [-0.25, -0.2) is 4.98 Å². The van der Waals surface area contributed by atoms with E-state index in [1.807, 2.05) is 23.0 Å². The summed E-state index contributed by atoms with van der Waals surface area (Å²) in [4.78, 5) is 6.83. The second kappa shape index (κ2) is 6.78. The molecule has 2 aromatic rings. The van der Waals surface area contributed by atoms with Crippen molar-refractivity contribution in [1.82, 2.24) is 24.9 Å². The molecule has 0 aromatic carbocycles. The zero-order chi connectivity index (χ0) is 14.5. The molecule has 0 aliphatic carbocycles. The lowest BCUT2D eigenvalue weighted by Gasteiger charge is -2.25. The second-order valence-corrected chi connectivity index (χ2v) is 5.44. The molecule has 0 radical (unpaired) electrons. The van der Waals surface area contributed by atoms with Crippen LogP contribution in [0.1, 0.15) is 25.0 Å². The van der Waals surface area contributed by atoms with Crippen molar-refractivity contribution in [2.24, 2.45) is 0 Å². The zero-order valence-electron chi connectivity index (χ0n) is 12.1. The first-order valence-electron chi connectivity index (χ1n) is 7.55. The van der Waals surface area contributed by atoms with E-state index in [-0.39, 0.29) is 6.61 Å². The van der Waals surface area contributed by atoms with Crippen LogP contribution in [0.5, 0.6) is 0 Å². The van der Waals surface area contributed by atoms with Crippen LogP contribution in [0.25, 0.3) is 11.4 Å². The highest BCUT2D eigenvalue weighted by molar-refractivity contribution is 5.52. The average Bonchev–Trinajstić information content (AvgIpc) is 3.03. The number of likely N-dealkylation sites (tertiary alicyclic amines) is 1. The summed E-state index contributed by atoms with van der Waals surface area (Å²) in [5, 5.41) is 17.5. The normalized spacial score (nSPS) is 16.2. The fourth-order valence-corrected chi connectivity index (χ4v) is 2.66. The van der Waals surface area contributed by atoms with Gasteiger partial charge in [-0.1, -0.05) is 17.7 Å². The third-order valence-corrected chi connectivity index (χ3v) is 3.86. The summed E-state index contributed by atoms with van der Waals surface area (Å²) in [7, 11) is 0. The average molecular weight is 287 g/mol. The lowest BCUT2D eigenvalue weighted by Crippen LogP contribution is -2.32. The number of nitrogens with zero attached hydrogens (tertiary/aromatic N) is 5. The summed E-state index contributed by atoms with van der Waals surface area (Å²) >= 11 is 0. The van der Waals surface area contributed by atoms with Crippen LogP contribution in [-0.4, -0.2) is 49.6 Å². The van der Waals surface area contributed by atoms with Crippen molar-refractivity contribution >= 4 is 0 Å². The maximum Gasteiger partial charge on any atom is 0.131 e. The number of aromatic nitrogens is 4. The molecule has 3 heterocycles. The lowest BCUT2D eigenvalue weighted by atomic mass is 10.1. The number of rotatable bonds is 5. The van der Waals surface area contributed by atoms with Crippen LogP contribution in [-0.2, 0) is 13.2 Å². The van der Waals surface area contributed by atoms with Crippen LogP contribution < -0.4 is 0 Å². The SMILES string of the molecule is OCc1cccc(-c2cn(CCN3CCCCC3)nn2)n1. The van der Waals surface area contributed by atoms with Gasteiger partial charge in [-0.05, 0) is 38.1 Å². The molecule has 112 valence electrons. The molecule has 0 bridgehead atoms. The monoisotopic (exact) mass is 287 g/mol. The van der Waals surface area contributed by atoms with E-state index in [0.29, 0.717) is 5.69 Å². The Morgan fingerprint density at radius 3 is 2.71 bits per heavy atom. The molecule has 1 fully saturated rings. The van der Waals surface area contributed by atoms with Gasteiger partial charge in [-0.15, -0.1) is 5.10 Å². The van der Waals surface area contributed by atoms with Gasteiger partial charge >= 0.3 is 0 Å². The van der Waals surface area contributed by atoms with Crippen molar-refractivity contribution in [2.75, 3.05) is 19.6 Å². The number of aliphatic hydroxyl groups excluding tert-OH is 1. The largest absolute Gasteiger partial charge is 0.390 e. The molecule has 1 aliphatic rings. The summed E-state index contributed by atoms with van der Waals surface area (Å²) in [6.07, 6.45) is 5.89. The molecular weight excluding hydrogens is 266 g/mol. The van der Waals surface area contributed by atoms with E-state index < -0.39 is 0 Å². The smallest absolute Gasteiger partial charge is 0.131 e. The molecule has 3 rings (SSSR count). The molecule has 0 unspecified atom stereocenters. The predicted octanol–water partition coefficient (Wildman–Crippen LogP) is 1.32. The van der Waals surface area contributed by atoms with Crippen LogP contribution in [0.4, 0.5) is 0 Å². The third-order valence-electron chi connectivity index (χ3n) is 3.86. The number of hydrogen-bond donors (Lipinski definition) is 1. The summed E-state index contributed by atoms with van der Waals surface area (Å²) in [5.74, 6) is 0. The van der Waals surface area contributed by atoms with Gasteiger partial charge in [0.15, 0.2) is 0 Å². The second-order valence-electron chi connectivity index (χ2n) is 5.44. The standard InChI is InChI=1S/C15H21N5O/c21-12-13-5-4-6-14(16-13)15-11-20(18-17-15)10-9-19-7-2-1-3-8-19/h4-6,11,21H,1-3,7-10,12H2. The van der Waals surface area contributed by atoms with Crippen LogP contribution >= 0.6 is 0 Å². The molecule has 1 aliphatic heterocycles. The van der Waals surface area contributed by atoms with Crippen molar-refractivity contribution < 1.29 is 5.11 Å². The van der Waals surface area contributed by atoms with E-state index in [9.17, 15) is 0 Å². The number of aliphatic hydroxyl groups is 1. The molecular formula is C15H21N5O. The first kappa shape index (κ1) is 14.2. The Kier molecular flexibility index (Phi) is 4.57. The first-order valence-corrected chi connectivity index (χ1v) is 7.55. The highest BCUT2D eigenvalue weighted by Crippen LogP contribution is 2.14. The zero-order valence-corrected chi connectivity index (χ0v) is 12.1. The van der Waals surface area contributed by atoms with E-state index in [4.69, 9.17) is 5.11 Å². The Morgan fingerprint density at radius 2 is 1.90 bits per heavy atom. The first-order chi connectivity index (χ1) is 10.3. The summed E-state index contributed by atoms with van der Waals surface area (Å²) < 4.78 is 1.87. The van der Waals surface area contributed by atoms with Crippen LogP contribution in [0.2, 0.25) is 0 Å². The Hall–Kier alpha value is -1.79. The minimum absolute atomic E-state index is 0.0586. The van der Waals surface area contributed by atoms with Crippen molar-refractivity contribution in [3.63, 3.8) is 0 Å². The molecule has 0 amide bonds. The van der Waals surface area contributed by atoms with Gasteiger partial charge in [0, 0.05) is 6.54 Å². The summed E-state index contributed by atoms with van der Waals surface area (Å²) in [5.41, 5.74) is 2.16. The van der Waals surface area contributed by atoms with Crippen molar-refractivity contribution in [3.05, 3.63) is 30.1 Å². The quantitative estimate of drug-likeness (QED) is 0.898. The maximum atomic E-state index is 9.13. The van der Waals surface area contributed by atoms with Gasteiger partial charge in [-0.3, -0.25) is 4.68 Å². The van der Waals surface area contributed by atoms with Gasteiger partial charge < -0.3 is 10.0 Å². The molecule has 0 saturated carbocycles. The van der Waals surface area contributed by atoms with E-state index >= 15 is 0 Å². The fraction of sp³-hybridized carbons (Fsp3) is 0.533. The highest BCUT2D eigenvalue weighted by Gasteiger charge is 2.11. The Balaban J connectivity index is 1.62. The van der Waals surface area contributed by atoms with Gasteiger partial charge in [0.05, 0.1) is 30.7 Å². The molecule has 2 aromatic heterocycles. The molecule has 6 nitrogen and oxygen atoms in total. The van der Waals surface area contributed by atoms with Crippen LogP contribution in [0, 0.1) is 0 Å². The Labute approximate surface area is 124 Å². The predicted molar refractivity (Wildman–Crippen MR) is 79.5 cm³/mol. The van der Waals surface area contributed by atoms with E-state index in [1.165, 1.54) is 32.4 Å². The maximum absolute atomic E-state index is 9.13. The topological polar surface area (TPSA) is 67.1 Å². The fourth-order valence-electron chi connectivity index (χ4n) is 2.66. The molecule has 21 heavy (non-hydrogen) atoms. The minimum atomic E-state index is -0.0586. The van der Waals surface area contributed by atoms with E-state index in [1.54, 1.807) is 6.07 Å². The molecule has 6 heteroatoms. The van der Waals surface area contributed by atoms with Gasteiger partial charge in [0.25, 0.3) is 0 Å². The number of piperidine rings is 1. The molecule has 0 atom stereocenters. The van der Waals surface area contributed by atoms with E-state index in [0.717, 1.165) is 24.5 Å². The molecule has 1 N–H and O–H groups in total. The Morgan fingerprint density at radius 1 is 1.05 bits per heavy atom. The minimum Gasteiger partial charge on any atom is -0.390 e. The third kappa shape index (κ3) is 3.65. The van der Waals surface area contributed by atoms with Gasteiger partial charge in [0.2, 0.25) is 0 Å². The van der Waals surface area contributed by atoms with Crippen molar-refractivity contribution in [3.8, 4) is 11.4 Å². The summed E-state index contributed by atoms with van der Waals surface area (Å²) in [6, 6.07) is 5.56. The highest BCUT2D eigenvalue weighted by atomic mass is 16.3. The number of hydrogen-bond acceptors (Lipinski definition) is 5. The van der Waals surface area contributed by atoms with Crippen LogP contribution in [0.15, 0.2) is 24.4 Å². The molecule has 1 saturated heterocycles. The van der Waals surface area contributed by atoms with Gasteiger partial charge in [0.1, 0.15) is 5.69 Å². The van der Waals surface area contributed by atoms with Crippen LogP contribution in [0.3, 0.4) is 0 Å². The lowest BCUT2D eigenvalue weighted by molar-refractivity contribution is 0.217.